The van der Waals surface area contributed by atoms with Gasteiger partial charge in [0.15, 0.2) is 0 Å². The summed E-state index contributed by atoms with van der Waals surface area (Å²) in [5, 5.41) is 5.76. The molecule has 0 saturated heterocycles. The van der Waals surface area contributed by atoms with E-state index in [1.165, 1.54) is 7.11 Å². The van der Waals surface area contributed by atoms with Gasteiger partial charge in [0.05, 0.1) is 18.2 Å². The number of methoxy groups -OCH3 is 1. The van der Waals surface area contributed by atoms with Crippen molar-refractivity contribution in [1.29, 1.82) is 0 Å². The minimum Gasteiger partial charge on any atom is -0.465 e. The summed E-state index contributed by atoms with van der Waals surface area (Å²) in [6.45, 7) is 0. The Morgan fingerprint density at radius 3 is 2.29 bits per heavy atom. The van der Waals surface area contributed by atoms with E-state index < -0.39 is 5.97 Å². The summed E-state index contributed by atoms with van der Waals surface area (Å²) in [6.07, 6.45) is 0. The lowest BCUT2D eigenvalue weighted by Crippen LogP contribution is -2.14. The van der Waals surface area contributed by atoms with Gasteiger partial charge in [-0.15, -0.1) is 0 Å². The standard InChI is InChI=1S/C16H16N2O3/c1-17-14-6-4-3-5-13(14)15(19)18-12-9-7-11(8-10-12)16(20)21-2/h3-10,17H,1-2H3,(H,18,19). The van der Waals surface area contributed by atoms with Gasteiger partial charge >= 0.3 is 5.97 Å². The van der Waals surface area contributed by atoms with Crippen LogP contribution in [0, 0.1) is 0 Å². The van der Waals surface area contributed by atoms with Gasteiger partial charge in [0.25, 0.3) is 5.91 Å². The average Bonchev–Trinajstić information content (AvgIpc) is 2.54. The molecule has 0 aromatic heterocycles. The zero-order chi connectivity index (χ0) is 15.2. The maximum Gasteiger partial charge on any atom is 0.337 e. The molecule has 0 fully saturated rings. The van der Waals surface area contributed by atoms with Crippen LogP contribution < -0.4 is 10.6 Å². The van der Waals surface area contributed by atoms with Gasteiger partial charge in [0.2, 0.25) is 0 Å². The monoisotopic (exact) mass is 284 g/mol. The summed E-state index contributed by atoms with van der Waals surface area (Å²) in [5.41, 5.74) is 2.35. The summed E-state index contributed by atoms with van der Waals surface area (Å²) >= 11 is 0. The summed E-state index contributed by atoms with van der Waals surface area (Å²) in [4.78, 5) is 23.6. The first-order valence-corrected chi connectivity index (χ1v) is 6.42. The minimum atomic E-state index is -0.409. The third-order valence-electron chi connectivity index (χ3n) is 3.00. The first-order chi connectivity index (χ1) is 10.2. The quantitative estimate of drug-likeness (QED) is 0.847. The molecule has 0 aliphatic carbocycles. The van der Waals surface area contributed by atoms with Crippen LogP contribution in [0.25, 0.3) is 0 Å². The maximum absolute atomic E-state index is 12.2. The molecule has 2 rings (SSSR count). The highest BCUT2D eigenvalue weighted by Crippen LogP contribution is 2.17. The smallest absolute Gasteiger partial charge is 0.337 e. The second kappa shape index (κ2) is 6.56. The van der Waals surface area contributed by atoms with Crippen LogP contribution in [0.4, 0.5) is 11.4 Å². The Labute approximate surface area is 122 Å². The van der Waals surface area contributed by atoms with Crippen LogP contribution in [0.15, 0.2) is 48.5 Å². The van der Waals surface area contributed by atoms with Crippen LogP contribution in [0.3, 0.4) is 0 Å². The number of rotatable bonds is 4. The highest BCUT2D eigenvalue weighted by Gasteiger charge is 2.11. The van der Waals surface area contributed by atoms with Crippen LogP contribution >= 0.6 is 0 Å². The van der Waals surface area contributed by atoms with E-state index in [-0.39, 0.29) is 5.91 Å². The number of carbonyl (C=O) groups excluding carboxylic acids is 2. The highest BCUT2D eigenvalue weighted by atomic mass is 16.5. The van der Waals surface area contributed by atoms with Crippen molar-refractivity contribution in [2.45, 2.75) is 0 Å². The Morgan fingerprint density at radius 1 is 1.00 bits per heavy atom. The van der Waals surface area contributed by atoms with Gasteiger partial charge in [-0.1, -0.05) is 12.1 Å². The summed E-state index contributed by atoms with van der Waals surface area (Å²) in [7, 11) is 3.09. The van der Waals surface area contributed by atoms with E-state index in [0.29, 0.717) is 16.8 Å². The first kappa shape index (κ1) is 14.6. The number of para-hydroxylation sites is 1. The van der Waals surface area contributed by atoms with E-state index >= 15 is 0 Å². The van der Waals surface area contributed by atoms with Crippen molar-refractivity contribution in [1.82, 2.24) is 0 Å². The molecule has 0 aliphatic heterocycles. The molecule has 0 radical (unpaired) electrons. The molecule has 0 heterocycles. The molecule has 21 heavy (non-hydrogen) atoms. The van der Waals surface area contributed by atoms with Gasteiger partial charge in [-0.25, -0.2) is 4.79 Å². The van der Waals surface area contributed by atoms with Crippen molar-refractivity contribution < 1.29 is 14.3 Å². The summed E-state index contributed by atoms with van der Waals surface area (Å²) in [5.74, 6) is -0.626. The van der Waals surface area contributed by atoms with Gasteiger partial charge in [0.1, 0.15) is 0 Å². The second-order valence-electron chi connectivity index (χ2n) is 4.32. The Morgan fingerprint density at radius 2 is 1.67 bits per heavy atom. The fourth-order valence-corrected chi connectivity index (χ4v) is 1.91. The lowest BCUT2D eigenvalue weighted by atomic mass is 10.1. The van der Waals surface area contributed by atoms with Gasteiger partial charge in [-0.05, 0) is 36.4 Å². The topological polar surface area (TPSA) is 67.4 Å². The molecule has 0 bridgehead atoms. The predicted molar refractivity (Wildman–Crippen MR) is 81.7 cm³/mol. The van der Waals surface area contributed by atoms with Gasteiger partial charge in [-0.2, -0.15) is 0 Å². The molecule has 2 aromatic carbocycles. The summed E-state index contributed by atoms with van der Waals surface area (Å²) < 4.78 is 4.62. The average molecular weight is 284 g/mol. The summed E-state index contributed by atoms with van der Waals surface area (Å²) in [6, 6.07) is 13.7. The van der Waals surface area contributed by atoms with Crippen molar-refractivity contribution in [2.75, 3.05) is 24.8 Å². The molecule has 0 unspecified atom stereocenters. The van der Waals surface area contributed by atoms with Gasteiger partial charge < -0.3 is 15.4 Å². The predicted octanol–water partition coefficient (Wildman–Crippen LogP) is 2.77. The Kier molecular flexibility index (Phi) is 4.56. The molecular formula is C16H16N2O3. The molecule has 5 heteroatoms. The number of benzene rings is 2. The van der Waals surface area contributed by atoms with Crippen LogP contribution in [-0.2, 0) is 4.74 Å². The number of esters is 1. The van der Waals surface area contributed by atoms with Gasteiger partial charge in [-0.3, -0.25) is 4.79 Å². The largest absolute Gasteiger partial charge is 0.465 e. The van der Waals surface area contributed by atoms with Crippen LogP contribution in [0.1, 0.15) is 20.7 Å². The number of nitrogens with one attached hydrogen (secondary N) is 2. The van der Waals surface area contributed by atoms with Crippen molar-refractivity contribution >= 4 is 23.3 Å². The van der Waals surface area contributed by atoms with Crippen molar-refractivity contribution in [3.05, 3.63) is 59.7 Å². The molecule has 0 atom stereocenters. The number of hydrogen-bond acceptors (Lipinski definition) is 4. The Bertz CT molecular complexity index is 651. The lowest BCUT2D eigenvalue weighted by Gasteiger charge is -2.10. The van der Waals surface area contributed by atoms with E-state index in [9.17, 15) is 9.59 Å². The molecule has 2 aromatic rings. The van der Waals surface area contributed by atoms with E-state index in [1.54, 1.807) is 43.4 Å². The highest BCUT2D eigenvalue weighted by molar-refractivity contribution is 6.08. The lowest BCUT2D eigenvalue weighted by molar-refractivity contribution is 0.0600. The maximum atomic E-state index is 12.2. The number of carbonyl (C=O) groups is 2. The van der Waals surface area contributed by atoms with E-state index in [0.717, 1.165) is 5.69 Å². The third-order valence-corrected chi connectivity index (χ3v) is 3.00. The molecule has 2 N–H and O–H groups in total. The zero-order valence-corrected chi connectivity index (χ0v) is 11.8. The SMILES string of the molecule is CNc1ccccc1C(=O)Nc1ccc(C(=O)OC)cc1. The van der Waals surface area contributed by atoms with Crippen LogP contribution in [0.2, 0.25) is 0 Å². The zero-order valence-electron chi connectivity index (χ0n) is 11.8. The molecule has 0 saturated carbocycles. The molecule has 108 valence electrons. The number of hydrogen-bond donors (Lipinski definition) is 2. The van der Waals surface area contributed by atoms with E-state index in [1.807, 2.05) is 12.1 Å². The number of ether oxygens (including phenoxy) is 1. The van der Waals surface area contributed by atoms with E-state index in [4.69, 9.17) is 0 Å². The van der Waals surface area contributed by atoms with E-state index in [2.05, 4.69) is 15.4 Å². The molecule has 0 spiro atoms. The van der Waals surface area contributed by atoms with Crippen molar-refractivity contribution in [3.8, 4) is 0 Å². The third kappa shape index (κ3) is 3.39. The van der Waals surface area contributed by atoms with Crippen LogP contribution in [-0.4, -0.2) is 26.0 Å². The number of anilines is 2. The second-order valence-corrected chi connectivity index (χ2v) is 4.32. The van der Waals surface area contributed by atoms with Crippen LogP contribution in [0.5, 0.6) is 0 Å². The van der Waals surface area contributed by atoms with Gasteiger partial charge in [0, 0.05) is 18.4 Å². The molecule has 5 nitrogen and oxygen atoms in total. The molecular weight excluding hydrogens is 268 g/mol. The Balaban J connectivity index is 2.14. The fourth-order valence-electron chi connectivity index (χ4n) is 1.91. The van der Waals surface area contributed by atoms with Crippen molar-refractivity contribution in [3.63, 3.8) is 0 Å². The van der Waals surface area contributed by atoms with Crippen molar-refractivity contribution in [2.24, 2.45) is 0 Å². The fraction of sp³-hybridized carbons (Fsp3) is 0.125. The molecule has 0 aliphatic rings. The normalized spacial score (nSPS) is 9.81. The first-order valence-electron chi connectivity index (χ1n) is 6.42. The number of amides is 1. The Hall–Kier alpha value is -2.82. The minimum absolute atomic E-state index is 0.217. The molecule has 1 amide bonds.